The van der Waals surface area contributed by atoms with Gasteiger partial charge >= 0.3 is 0 Å². The van der Waals surface area contributed by atoms with E-state index in [9.17, 15) is 22.7 Å². The molecule has 1 unspecified atom stereocenters. The lowest BCUT2D eigenvalue weighted by atomic mass is 10.0. The molecular weight excluding hydrogens is 260 g/mol. The third-order valence-corrected chi connectivity index (χ3v) is 2.77. The van der Waals surface area contributed by atoms with Gasteiger partial charge in [-0.1, -0.05) is 18.2 Å². The molecule has 19 heavy (non-hydrogen) atoms. The maximum absolute atomic E-state index is 13.4. The summed E-state index contributed by atoms with van der Waals surface area (Å²) in [6.45, 7) is 0. The number of aliphatic hydroxyl groups is 1. The summed E-state index contributed by atoms with van der Waals surface area (Å²) < 4.78 is 52.1. The van der Waals surface area contributed by atoms with E-state index in [1.807, 2.05) is 0 Å². The minimum Gasteiger partial charge on any atom is -0.388 e. The Hall–Kier alpha value is -1.88. The van der Waals surface area contributed by atoms with Gasteiger partial charge in [0.1, 0.15) is 0 Å². The molecule has 0 saturated carbocycles. The predicted octanol–water partition coefficient (Wildman–Crippen LogP) is 3.52. The summed E-state index contributed by atoms with van der Waals surface area (Å²) in [4.78, 5) is 0. The van der Waals surface area contributed by atoms with E-state index in [-0.39, 0.29) is 17.5 Å². The Balaban J connectivity index is 2.23. The Labute approximate surface area is 107 Å². The highest BCUT2D eigenvalue weighted by Gasteiger charge is 2.15. The number of hydrogen-bond acceptors (Lipinski definition) is 1. The lowest BCUT2D eigenvalue weighted by molar-refractivity contribution is 0.176. The van der Waals surface area contributed by atoms with Crippen molar-refractivity contribution in [1.29, 1.82) is 0 Å². The van der Waals surface area contributed by atoms with Crippen LogP contribution in [0.15, 0.2) is 36.4 Å². The number of rotatable bonds is 3. The van der Waals surface area contributed by atoms with Gasteiger partial charge in [-0.3, -0.25) is 0 Å². The molecule has 0 aliphatic carbocycles. The van der Waals surface area contributed by atoms with Crippen LogP contribution in [-0.2, 0) is 6.42 Å². The summed E-state index contributed by atoms with van der Waals surface area (Å²) in [6.07, 6.45) is -1.47. The van der Waals surface area contributed by atoms with Crippen LogP contribution >= 0.6 is 0 Å². The van der Waals surface area contributed by atoms with Crippen molar-refractivity contribution in [1.82, 2.24) is 0 Å². The molecule has 2 aromatic rings. The molecule has 0 fully saturated rings. The lowest BCUT2D eigenvalue weighted by Crippen LogP contribution is -2.05. The maximum atomic E-state index is 13.4. The first-order valence-electron chi connectivity index (χ1n) is 5.55. The molecule has 2 rings (SSSR count). The quantitative estimate of drug-likeness (QED) is 0.846. The second kappa shape index (κ2) is 5.40. The molecule has 0 aromatic heterocycles. The van der Waals surface area contributed by atoms with Gasteiger partial charge in [0.25, 0.3) is 0 Å². The van der Waals surface area contributed by atoms with E-state index >= 15 is 0 Å². The fraction of sp³-hybridized carbons (Fsp3) is 0.143. The van der Waals surface area contributed by atoms with Gasteiger partial charge in [0.05, 0.1) is 6.10 Å². The molecule has 1 nitrogen and oxygen atoms in total. The minimum atomic E-state index is -1.24. The van der Waals surface area contributed by atoms with Gasteiger partial charge in [-0.05, 0) is 29.3 Å². The highest BCUT2D eigenvalue weighted by molar-refractivity contribution is 5.25. The van der Waals surface area contributed by atoms with Gasteiger partial charge in [-0.2, -0.15) is 0 Å². The van der Waals surface area contributed by atoms with Crippen molar-refractivity contribution in [3.05, 3.63) is 70.8 Å². The monoisotopic (exact) mass is 270 g/mol. The molecule has 2 aromatic carbocycles. The average molecular weight is 270 g/mol. The van der Waals surface area contributed by atoms with Crippen molar-refractivity contribution in [3.63, 3.8) is 0 Å². The van der Waals surface area contributed by atoms with Crippen LogP contribution in [0.1, 0.15) is 17.2 Å². The van der Waals surface area contributed by atoms with Crippen LogP contribution in [-0.4, -0.2) is 5.11 Å². The average Bonchev–Trinajstić information content (AvgIpc) is 2.38. The Morgan fingerprint density at radius 1 is 0.895 bits per heavy atom. The number of halogens is 4. The molecule has 0 aliphatic heterocycles. The highest BCUT2D eigenvalue weighted by Crippen LogP contribution is 2.22. The van der Waals surface area contributed by atoms with Gasteiger partial charge in [-0.15, -0.1) is 0 Å². The highest BCUT2D eigenvalue weighted by atomic mass is 19.2. The van der Waals surface area contributed by atoms with Crippen LogP contribution in [0.5, 0.6) is 0 Å². The van der Waals surface area contributed by atoms with E-state index < -0.39 is 29.4 Å². The van der Waals surface area contributed by atoms with Gasteiger partial charge < -0.3 is 5.11 Å². The third kappa shape index (κ3) is 2.93. The summed E-state index contributed by atoms with van der Waals surface area (Å²) in [5.41, 5.74) is 0.0693. The van der Waals surface area contributed by atoms with Crippen LogP contribution in [0.25, 0.3) is 0 Å². The summed E-state index contributed by atoms with van der Waals surface area (Å²) in [5, 5.41) is 9.83. The Morgan fingerprint density at radius 3 is 2.32 bits per heavy atom. The largest absolute Gasteiger partial charge is 0.388 e. The van der Waals surface area contributed by atoms with Crippen LogP contribution in [0.4, 0.5) is 17.6 Å². The fourth-order valence-electron chi connectivity index (χ4n) is 1.75. The molecule has 0 heterocycles. The SMILES string of the molecule is OC(Cc1cccc(F)c1F)c1ccc(F)c(F)c1. The topological polar surface area (TPSA) is 20.2 Å². The predicted molar refractivity (Wildman–Crippen MR) is 61.4 cm³/mol. The Kier molecular flexibility index (Phi) is 3.85. The van der Waals surface area contributed by atoms with Crippen LogP contribution in [0, 0.1) is 23.3 Å². The number of benzene rings is 2. The normalized spacial score (nSPS) is 12.5. The molecule has 0 aliphatic rings. The Morgan fingerprint density at radius 2 is 1.63 bits per heavy atom. The molecule has 0 spiro atoms. The summed E-state index contributed by atoms with van der Waals surface area (Å²) in [7, 11) is 0. The smallest absolute Gasteiger partial charge is 0.162 e. The number of hydrogen-bond donors (Lipinski definition) is 1. The van der Waals surface area contributed by atoms with Crippen LogP contribution in [0.3, 0.4) is 0 Å². The first kappa shape index (κ1) is 13.5. The van der Waals surface area contributed by atoms with Crippen molar-refractivity contribution >= 4 is 0 Å². The van der Waals surface area contributed by atoms with Crippen molar-refractivity contribution in [3.8, 4) is 0 Å². The van der Waals surface area contributed by atoms with Gasteiger partial charge in [0.2, 0.25) is 0 Å². The molecule has 0 amide bonds. The zero-order chi connectivity index (χ0) is 14.0. The number of aliphatic hydroxyl groups excluding tert-OH is 1. The first-order chi connectivity index (χ1) is 8.99. The van der Waals surface area contributed by atoms with E-state index in [0.29, 0.717) is 0 Å². The second-order valence-electron chi connectivity index (χ2n) is 4.11. The molecule has 0 radical (unpaired) electrons. The second-order valence-corrected chi connectivity index (χ2v) is 4.11. The van der Waals surface area contributed by atoms with Gasteiger partial charge in [0.15, 0.2) is 23.3 Å². The van der Waals surface area contributed by atoms with Crippen molar-refractivity contribution in [2.45, 2.75) is 12.5 Å². The molecule has 100 valence electrons. The molecule has 0 bridgehead atoms. The molecule has 0 saturated heterocycles. The molecular formula is C14H10F4O. The van der Waals surface area contributed by atoms with Crippen molar-refractivity contribution < 1.29 is 22.7 Å². The molecule has 5 heteroatoms. The van der Waals surface area contributed by atoms with Gasteiger partial charge in [-0.25, -0.2) is 17.6 Å². The van der Waals surface area contributed by atoms with E-state index in [2.05, 4.69) is 0 Å². The zero-order valence-electron chi connectivity index (χ0n) is 9.71. The van der Waals surface area contributed by atoms with E-state index in [1.165, 1.54) is 18.2 Å². The zero-order valence-corrected chi connectivity index (χ0v) is 9.71. The summed E-state index contributed by atoms with van der Waals surface area (Å²) in [6, 6.07) is 6.49. The minimum absolute atomic E-state index is 0.0303. The van der Waals surface area contributed by atoms with Crippen molar-refractivity contribution in [2.75, 3.05) is 0 Å². The van der Waals surface area contributed by atoms with Crippen LogP contribution < -0.4 is 0 Å². The molecule has 1 atom stereocenters. The van der Waals surface area contributed by atoms with Crippen LogP contribution in [0.2, 0.25) is 0 Å². The molecule has 1 N–H and O–H groups in total. The standard InChI is InChI=1S/C14H10F4O/c15-10-5-4-8(6-12(10)17)13(19)7-9-2-1-3-11(16)14(9)18/h1-6,13,19H,7H2. The Bertz CT molecular complexity index is 598. The van der Waals surface area contributed by atoms with E-state index in [0.717, 1.165) is 18.2 Å². The van der Waals surface area contributed by atoms with E-state index in [4.69, 9.17) is 0 Å². The van der Waals surface area contributed by atoms with Crippen molar-refractivity contribution in [2.24, 2.45) is 0 Å². The fourth-order valence-corrected chi connectivity index (χ4v) is 1.75. The first-order valence-corrected chi connectivity index (χ1v) is 5.55. The lowest BCUT2D eigenvalue weighted by Gasteiger charge is -2.12. The van der Waals surface area contributed by atoms with Gasteiger partial charge in [0, 0.05) is 6.42 Å². The van der Waals surface area contributed by atoms with E-state index in [1.54, 1.807) is 0 Å². The maximum Gasteiger partial charge on any atom is 0.162 e. The third-order valence-electron chi connectivity index (χ3n) is 2.77. The summed E-state index contributed by atoms with van der Waals surface area (Å²) in [5.74, 6) is -4.21. The summed E-state index contributed by atoms with van der Waals surface area (Å²) >= 11 is 0.